The first-order chi connectivity index (χ1) is 8.09. The molecule has 0 saturated heterocycles. The van der Waals surface area contributed by atoms with E-state index in [1.54, 1.807) is 13.8 Å². The third-order valence-electron chi connectivity index (χ3n) is 1.96. The highest BCUT2D eigenvalue weighted by Gasteiger charge is 1.99. The van der Waals surface area contributed by atoms with Crippen molar-refractivity contribution in [3.8, 4) is 0 Å². The van der Waals surface area contributed by atoms with Crippen LogP contribution in [-0.4, -0.2) is 17.4 Å². The molecule has 0 unspecified atom stereocenters. The molecule has 0 saturated carbocycles. The number of benzene rings is 1. The monoisotopic (exact) mass is 233 g/mol. The molecule has 1 N–H and O–H groups in total. The minimum absolute atomic E-state index is 0.451. The van der Waals surface area contributed by atoms with Gasteiger partial charge >= 0.3 is 5.97 Å². The first kappa shape index (κ1) is 12.9. The van der Waals surface area contributed by atoms with Crippen LogP contribution in [0.1, 0.15) is 20.8 Å². The summed E-state index contributed by atoms with van der Waals surface area (Å²) in [5, 5.41) is 7.75. The molecule has 0 bridgehead atoms. The molecule has 0 heterocycles. The van der Waals surface area contributed by atoms with Gasteiger partial charge in [0.05, 0.1) is 11.4 Å². The number of carbonyl (C=O) groups excluding carboxylic acids is 1. The van der Waals surface area contributed by atoms with Crippen LogP contribution in [0.25, 0.3) is 0 Å². The largest absolute Gasteiger partial charge is 0.331 e. The molecule has 17 heavy (non-hydrogen) atoms. The van der Waals surface area contributed by atoms with Crippen LogP contribution in [-0.2, 0) is 9.63 Å². The fraction of sp³-hybridized carbons (Fsp3) is 0.250. The molecular weight excluding hydrogens is 218 g/mol. The number of anilines is 1. The van der Waals surface area contributed by atoms with E-state index in [-0.39, 0.29) is 0 Å². The van der Waals surface area contributed by atoms with Gasteiger partial charge in [0.25, 0.3) is 0 Å². The molecule has 5 heteroatoms. The van der Waals surface area contributed by atoms with Gasteiger partial charge < -0.3 is 4.84 Å². The van der Waals surface area contributed by atoms with E-state index in [9.17, 15) is 4.79 Å². The van der Waals surface area contributed by atoms with Crippen molar-refractivity contribution in [1.29, 1.82) is 0 Å². The van der Waals surface area contributed by atoms with Crippen LogP contribution >= 0.6 is 0 Å². The maximum Gasteiger partial charge on any atom is 0.331 e. The van der Waals surface area contributed by atoms with Crippen molar-refractivity contribution >= 4 is 23.1 Å². The van der Waals surface area contributed by atoms with Crippen LogP contribution in [0.5, 0.6) is 0 Å². The van der Waals surface area contributed by atoms with Gasteiger partial charge in [0.1, 0.15) is 5.71 Å². The minimum atomic E-state index is -0.451. The molecule has 1 aromatic carbocycles. The van der Waals surface area contributed by atoms with Crippen LogP contribution in [0, 0.1) is 0 Å². The van der Waals surface area contributed by atoms with E-state index in [4.69, 9.17) is 0 Å². The van der Waals surface area contributed by atoms with Crippen LogP contribution < -0.4 is 5.43 Å². The summed E-state index contributed by atoms with van der Waals surface area (Å²) in [6.45, 7) is 4.79. The Morgan fingerprint density at radius 1 is 1.12 bits per heavy atom. The normalized spacial score (nSPS) is 12.2. The molecule has 0 aliphatic heterocycles. The van der Waals surface area contributed by atoms with E-state index in [0.717, 1.165) is 5.69 Å². The quantitative estimate of drug-likeness (QED) is 0.493. The summed E-state index contributed by atoms with van der Waals surface area (Å²) in [5.74, 6) is -0.451. The van der Waals surface area contributed by atoms with E-state index in [1.807, 2.05) is 30.3 Å². The third kappa shape index (κ3) is 4.92. The van der Waals surface area contributed by atoms with Crippen LogP contribution in [0.3, 0.4) is 0 Å². The van der Waals surface area contributed by atoms with Crippen molar-refractivity contribution in [2.45, 2.75) is 20.8 Å². The average molecular weight is 233 g/mol. The Balaban J connectivity index is 2.60. The fourth-order valence-electron chi connectivity index (χ4n) is 0.941. The van der Waals surface area contributed by atoms with Gasteiger partial charge in [0, 0.05) is 6.92 Å². The van der Waals surface area contributed by atoms with Gasteiger partial charge in [-0.05, 0) is 26.0 Å². The first-order valence-electron chi connectivity index (χ1n) is 5.17. The molecule has 5 nitrogen and oxygen atoms in total. The number of hydrogen-bond acceptors (Lipinski definition) is 5. The number of hydrogen-bond donors (Lipinski definition) is 1. The summed E-state index contributed by atoms with van der Waals surface area (Å²) < 4.78 is 0. The molecule has 0 aliphatic carbocycles. The summed E-state index contributed by atoms with van der Waals surface area (Å²) in [6, 6.07) is 9.54. The maximum atomic E-state index is 10.6. The lowest BCUT2D eigenvalue weighted by Crippen LogP contribution is -2.09. The lowest BCUT2D eigenvalue weighted by molar-refractivity contribution is -0.140. The Labute approximate surface area is 100 Å². The standard InChI is InChI=1S/C12H15N3O2/c1-9(10(2)15-17-11(3)16)13-14-12-7-5-4-6-8-12/h4-8,14H,1-3H3/b13-9-,15-10-. The summed E-state index contributed by atoms with van der Waals surface area (Å²) in [6.07, 6.45) is 0. The van der Waals surface area contributed by atoms with Crippen molar-refractivity contribution in [2.24, 2.45) is 10.3 Å². The average Bonchev–Trinajstić information content (AvgIpc) is 2.34. The van der Waals surface area contributed by atoms with Gasteiger partial charge in [-0.3, -0.25) is 5.43 Å². The number of nitrogens with zero attached hydrogens (tertiary/aromatic N) is 2. The first-order valence-corrected chi connectivity index (χ1v) is 5.17. The highest BCUT2D eigenvalue weighted by molar-refractivity contribution is 6.40. The summed E-state index contributed by atoms with van der Waals surface area (Å²) in [4.78, 5) is 15.1. The van der Waals surface area contributed by atoms with Crippen molar-refractivity contribution < 1.29 is 9.63 Å². The molecule has 0 fully saturated rings. The van der Waals surface area contributed by atoms with Gasteiger partial charge in [0.2, 0.25) is 0 Å². The highest BCUT2D eigenvalue weighted by atomic mass is 16.7. The Kier molecular flexibility index (Phi) is 4.87. The predicted octanol–water partition coefficient (Wildman–Crippen LogP) is 2.41. The number of para-hydroxylation sites is 1. The van der Waals surface area contributed by atoms with E-state index >= 15 is 0 Å². The van der Waals surface area contributed by atoms with Crippen LogP contribution in [0.15, 0.2) is 40.6 Å². The maximum absolute atomic E-state index is 10.6. The lowest BCUT2D eigenvalue weighted by atomic mass is 10.3. The van der Waals surface area contributed by atoms with Crippen LogP contribution in [0.2, 0.25) is 0 Å². The smallest absolute Gasteiger partial charge is 0.318 e. The van der Waals surface area contributed by atoms with Crippen LogP contribution in [0.4, 0.5) is 5.69 Å². The molecule has 0 amide bonds. The van der Waals surface area contributed by atoms with Crippen molar-refractivity contribution in [3.05, 3.63) is 30.3 Å². The molecule has 0 spiro atoms. The van der Waals surface area contributed by atoms with Crippen molar-refractivity contribution in [3.63, 3.8) is 0 Å². The zero-order chi connectivity index (χ0) is 12.7. The molecule has 0 atom stereocenters. The highest BCUT2D eigenvalue weighted by Crippen LogP contribution is 2.04. The zero-order valence-electron chi connectivity index (χ0n) is 10.1. The van der Waals surface area contributed by atoms with E-state index in [2.05, 4.69) is 20.5 Å². The number of nitrogens with one attached hydrogen (secondary N) is 1. The number of rotatable bonds is 4. The minimum Gasteiger partial charge on any atom is -0.318 e. The Hall–Kier alpha value is -2.17. The number of hydrazone groups is 1. The molecule has 0 aliphatic rings. The zero-order valence-corrected chi connectivity index (χ0v) is 10.1. The van der Waals surface area contributed by atoms with Crippen molar-refractivity contribution in [1.82, 2.24) is 0 Å². The molecule has 1 aromatic rings. The molecule has 0 aromatic heterocycles. The van der Waals surface area contributed by atoms with E-state index < -0.39 is 5.97 Å². The second-order valence-electron chi connectivity index (χ2n) is 3.43. The number of carbonyl (C=O) groups is 1. The third-order valence-corrected chi connectivity index (χ3v) is 1.96. The lowest BCUT2D eigenvalue weighted by Gasteiger charge is -2.02. The van der Waals surface area contributed by atoms with Gasteiger partial charge in [-0.2, -0.15) is 5.10 Å². The Morgan fingerprint density at radius 3 is 2.35 bits per heavy atom. The summed E-state index contributed by atoms with van der Waals surface area (Å²) >= 11 is 0. The number of oxime groups is 1. The van der Waals surface area contributed by atoms with Crippen molar-refractivity contribution in [2.75, 3.05) is 5.43 Å². The van der Waals surface area contributed by atoms with E-state index in [1.165, 1.54) is 6.92 Å². The van der Waals surface area contributed by atoms with Gasteiger partial charge in [-0.25, -0.2) is 4.79 Å². The molecular formula is C12H15N3O2. The summed E-state index contributed by atoms with van der Waals surface area (Å²) in [5.41, 5.74) is 4.95. The summed E-state index contributed by atoms with van der Waals surface area (Å²) in [7, 11) is 0. The predicted molar refractivity (Wildman–Crippen MR) is 68.0 cm³/mol. The molecule has 1 rings (SSSR count). The SMILES string of the molecule is CC(=O)O/N=C(C)\C(C)=N/Nc1ccccc1. The van der Waals surface area contributed by atoms with Gasteiger partial charge in [-0.1, -0.05) is 23.4 Å². The van der Waals surface area contributed by atoms with E-state index in [0.29, 0.717) is 11.4 Å². The Morgan fingerprint density at radius 2 is 1.76 bits per heavy atom. The Bertz CT molecular complexity index is 438. The topological polar surface area (TPSA) is 63.0 Å². The second kappa shape index (κ2) is 6.42. The van der Waals surface area contributed by atoms with Gasteiger partial charge in [0.15, 0.2) is 0 Å². The molecule has 90 valence electrons. The van der Waals surface area contributed by atoms with Gasteiger partial charge in [-0.15, -0.1) is 0 Å². The second-order valence-corrected chi connectivity index (χ2v) is 3.43. The fourth-order valence-corrected chi connectivity index (χ4v) is 0.941. The molecule has 0 radical (unpaired) electrons.